The van der Waals surface area contributed by atoms with Gasteiger partial charge in [-0.1, -0.05) is 29.4 Å². The van der Waals surface area contributed by atoms with E-state index in [1.54, 1.807) is 36.4 Å². The van der Waals surface area contributed by atoms with Crippen LogP contribution in [0.4, 0.5) is 10.1 Å². The molecule has 0 aliphatic heterocycles. The van der Waals surface area contributed by atoms with Crippen LogP contribution in [-0.4, -0.2) is 0 Å². The van der Waals surface area contributed by atoms with Gasteiger partial charge in [-0.15, -0.1) is 0 Å². The Bertz CT molecular complexity index is 577. The van der Waals surface area contributed by atoms with Crippen LogP contribution in [0.2, 0.25) is 0 Å². The third-order valence-corrected chi connectivity index (χ3v) is 2.30. The number of nitrogens with zero attached hydrogens (tertiary/aromatic N) is 3. The van der Waals surface area contributed by atoms with Gasteiger partial charge in [-0.3, -0.25) is 0 Å². The highest BCUT2D eigenvalue weighted by molar-refractivity contribution is 5.43. The van der Waals surface area contributed by atoms with Crippen molar-refractivity contribution in [2.24, 2.45) is 5.11 Å². The predicted octanol–water partition coefficient (Wildman–Crippen LogP) is 4.35. The zero-order valence-electron chi connectivity index (χ0n) is 9.45. The highest BCUT2D eigenvalue weighted by Gasteiger charge is 1.97. The molecule has 2 aromatic carbocycles. The number of azide groups is 1. The van der Waals surface area contributed by atoms with Crippen molar-refractivity contribution in [1.82, 2.24) is 0 Å². The van der Waals surface area contributed by atoms with Gasteiger partial charge in [-0.2, -0.15) is 0 Å². The van der Waals surface area contributed by atoms with Crippen molar-refractivity contribution >= 4 is 5.69 Å². The lowest BCUT2D eigenvalue weighted by Gasteiger charge is -2.06. The van der Waals surface area contributed by atoms with E-state index in [2.05, 4.69) is 10.0 Å². The Morgan fingerprint density at radius 1 is 1.17 bits per heavy atom. The van der Waals surface area contributed by atoms with Crippen LogP contribution in [0.1, 0.15) is 5.56 Å². The number of halogens is 1. The first-order valence-electron chi connectivity index (χ1n) is 5.30. The molecule has 2 aromatic rings. The van der Waals surface area contributed by atoms with Crippen LogP contribution in [0.5, 0.6) is 5.75 Å². The van der Waals surface area contributed by atoms with Crippen molar-refractivity contribution in [3.63, 3.8) is 0 Å². The summed E-state index contributed by atoms with van der Waals surface area (Å²) >= 11 is 0. The summed E-state index contributed by atoms with van der Waals surface area (Å²) in [6.07, 6.45) is 0. The zero-order chi connectivity index (χ0) is 12.8. The lowest BCUT2D eigenvalue weighted by Crippen LogP contribution is -1.95. The second-order valence-corrected chi connectivity index (χ2v) is 3.60. The Morgan fingerprint density at radius 2 is 1.94 bits per heavy atom. The third-order valence-electron chi connectivity index (χ3n) is 2.30. The molecule has 0 radical (unpaired) electrons. The minimum absolute atomic E-state index is 0.274. The largest absolute Gasteiger partial charge is 0.489 e. The highest BCUT2D eigenvalue weighted by atomic mass is 19.1. The quantitative estimate of drug-likeness (QED) is 0.447. The fourth-order valence-corrected chi connectivity index (χ4v) is 1.43. The number of benzene rings is 2. The maximum absolute atomic E-state index is 12.7. The maximum Gasteiger partial charge on any atom is 0.123 e. The van der Waals surface area contributed by atoms with E-state index in [0.717, 1.165) is 5.56 Å². The average molecular weight is 243 g/mol. The van der Waals surface area contributed by atoms with Gasteiger partial charge < -0.3 is 4.74 Å². The number of hydrogen-bond acceptors (Lipinski definition) is 2. The first kappa shape index (κ1) is 12.0. The van der Waals surface area contributed by atoms with Gasteiger partial charge in [0, 0.05) is 10.6 Å². The number of hydrogen-bond donors (Lipinski definition) is 0. The number of ether oxygens (including phenoxy) is 1. The van der Waals surface area contributed by atoms with Crippen LogP contribution in [0, 0.1) is 5.82 Å². The molecule has 0 heterocycles. The third kappa shape index (κ3) is 3.23. The van der Waals surface area contributed by atoms with Crippen LogP contribution in [-0.2, 0) is 6.61 Å². The molecule has 2 rings (SSSR count). The summed E-state index contributed by atoms with van der Waals surface area (Å²) in [7, 11) is 0. The lowest BCUT2D eigenvalue weighted by molar-refractivity contribution is 0.306. The fraction of sp³-hybridized carbons (Fsp3) is 0.0769. The number of rotatable bonds is 4. The fourth-order valence-electron chi connectivity index (χ4n) is 1.43. The van der Waals surface area contributed by atoms with Crippen molar-refractivity contribution in [3.8, 4) is 5.75 Å². The smallest absolute Gasteiger partial charge is 0.123 e. The molecule has 4 nitrogen and oxygen atoms in total. The van der Waals surface area contributed by atoms with E-state index in [-0.39, 0.29) is 5.82 Å². The monoisotopic (exact) mass is 243 g/mol. The van der Waals surface area contributed by atoms with E-state index >= 15 is 0 Å². The molecule has 0 atom stereocenters. The summed E-state index contributed by atoms with van der Waals surface area (Å²) in [5.41, 5.74) is 9.69. The summed E-state index contributed by atoms with van der Waals surface area (Å²) < 4.78 is 18.2. The van der Waals surface area contributed by atoms with E-state index in [4.69, 9.17) is 10.3 Å². The zero-order valence-corrected chi connectivity index (χ0v) is 9.45. The van der Waals surface area contributed by atoms with E-state index < -0.39 is 0 Å². The molecule has 0 spiro atoms. The van der Waals surface area contributed by atoms with Crippen LogP contribution in [0.25, 0.3) is 10.4 Å². The molecule has 0 saturated heterocycles. The molecule has 0 aliphatic rings. The van der Waals surface area contributed by atoms with Gasteiger partial charge in [0.05, 0.1) is 0 Å². The molecule has 0 aliphatic carbocycles. The van der Waals surface area contributed by atoms with Crippen molar-refractivity contribution in [1.29, 1.82) is 0 Å². The molecule has 0 aromatic heterocycles. The molecule has 18 heavy (non-hydrogen) atoms. The lowest BCUT2D eigenvalue weighted by atomic mass is 10.2. The minimum Gasteiger partial charge on any atom is -0.489 e. The van der Waals surface area contributed by atoms with Crippen molar-refractivity contribution in [2.75, 3.05) is 0 Å². The molecule has 5 heteroatoms. The Balaban J connectivity index is 2.03. The van der Waals surface area contributed by atoms with Crippen molar-refractivity contribution in [2.45, 2.75) is 6.61 Å². The summed E-state index contributed by atoms with van der Waals surface area (Å²) in [5, 5.41) is 3.48. The molecule has 0 bridgehead atoms. The topological polar surface area (TPSA) is 58.0 Å². The second-order valence-electron chi connectivity index (χ2n) is 3.60. The van der Waals surface area contributed by atoms with Crippen molar-refractivity contribution < 1.29 is 9.13 Å². The molecular weight excluding hydrogens is 233 g/mol. The molecule has 0 N–H and O–H groups in total. The average Bonchev–Trinajstić information content (AvgIpc) is 2.39. The van der Waals surface area contributed by atoms with Gasteiger partial charge in [-0.25, -0.2) is 4.39 Å². The van der Waals surface area contributed by atoms with Gasteiger partial charge in [0.15, 0.2) is 0 Å². The molecule has 0 saturated carbocycles. The van der Waals surface area contributed by atoms with E-state index in [0.29, 0.717) is 18.0 Å². The van der Waals surface area contributed by atoms with Crippen molar-refractivity contribution in [3.05, 3.63) is 70.4 Å². The molecule has 0 amide bonds. The van der Waals surface area contributed by atoms with Crippen LogP contribution < -0.4 is 4.74 Å². The van der Waals surface area contributed by atoms with Gasteiger partial charge in [-0.05, 0) is 35.4 Å². The summed E-state index contributed by atoms with van der Waals surface area (Å²) in [6, 6.07) is 12.9. The first-order chi connectivity index (χ1) is 8.78. The predicted molar refractivity (Wildman–Crippen MR) is 66.0 cm³/mol. The summed E-state index contributed by atoms with van der Waals surface area (Å²) in [5.74, 6) is 0.327. The molecule has 0 fully saturated rings. The maximum atomic E-state index is 12.7. The van der Waals surface area contributed by atoms with Crippen LogP contribution in [0.15, 0.2) is 53.6 Å². The molecular formula is C13H10FN3O. The van der Waals surface area contributed by atoms with Crippen LogP contribution >= 0.6 is 0 Å². The summed E-state index contributed by atoms with van der Waals surface area (Å²) in [6.45, 7) is 0.333. The summed E-state index contributed by atoms with van der Waals surface area (Å²) in [4.78, 5) is 2.70. The van der Waals surface area contributed by atoms with Crippen LogP contribution in [0.3, 0.4) is 0 Å². The second kappa shape index (κ2) is 5.70. The first-order valence-corrected chi connectivity index (χ1v) is 5.30. The molecule has 0 unspecified atom stereocenters. The van der Waals surface area contributed by atoms with E-state index in [1.165, 1.54) is 12.1 Å². The van der Waals surface area contributed by atoms with Gasteiger partial charge in [0.2, 0.25) is 0 Å². The Labute approximate surface area is 103 Å². The van der Waals surface area contributed by atoms with Gasteiger partial charge in [0.1, 0.15) is 18.2 Å². The Morgan fingerprint density at radius 3 is 2.67 bits per heavy atom. The minimum atomic E-state index is -0.274. The SMILES string of the molecule is [N-]=[N+]=Nc1cccc(OCc2ccc(F)cc2)c1. The van der Waals surface area contributed by atoms with Gasteiger partial charge in [0.25, 0.3) is 0 Å². The van der Waals surface area contributed by atoms with Gasteiger partial charge >= 0.3 is 0 Å². The normalized spacial score (nSPS) is 9.61. The molecule has 90 valence electrons. The Kier molecular flexibility index (Phi) is 3.79. The highest BCUT2D eigenvalue weighted by Crippen LogP contribution is 2.20. The standard InChI is InChI=1S/C13H10FN3O/c14-11-6-4-10(5-7-11)9-18-13-3-1-2-12(8-13)16-17-15/h1-8H,9H2. The Hall–Kier alpha value is -2.52. The van der Waals surface area contributed by atoms with E-state index in [9.17, 15) is 4.39 Å². The van der Waals surface area contributed by atoms with E-state index in [1.807, 2.05) is 0 Å².